The maximum atomic E-state index is 5.69. The van der Waals surface area contributed by atoms with Crippen LogP contribution in [-0.4, -0.2) is 23.7 Å². The van der Waals surface area contributed by atoms with Gasteiger partial charge in [-0.1, -0.05) is 6.07 Å². The molecule has 0 fully saturated rings. The zero-order chi connectivity index (χ0) is 14.9. The summed E-state index contributed by atoms with van der Waals surface area (Å²) in [5.74, 6) is 2.01. The van der Waals surface area contributed by atoms with E-state index >= 15 is 0 Å². The van der Waals surface area contributed by atoms with Gasteiger partial charge in [0, 0.05) is 12.1 Å². The summed E-state index contributed by atoms with van der Waals surface area (Å²) in [4.78, 5) is 4.53. The van der Waals surface area contributed by atoms with Crippen LogP contribution in [0, 0.1) is 0 Å². The molecule has 112 valence electrons. The highest BCUT2D eigenvalue weighted by atomic mass is 16.6. The first-order valence-electron chi connectivity index (χ1n) is 7.11. The van der Waals surface area contributed by atoms with E-state index in [1.54, 1.807) is 6.26 Å². The Labute approximate surface area is 124 Å². The Morgan fingerprint density at radius 3 is 2.81 bits per heavy atom. The van der Waals surface area contributed by atoms with E-state index in [1.165, 1.54) is 0 Å². The zero-order valence-corrected chi connectivity index (χ0v) is 12.6. The Morgan fingerprint density at radius 2 is 2.00 bits per heavy atom. The van der Waals surface area contributed by atoms with Gasteiger partial charge in [0.15, 0.2) is 11.5 Å². The summed E-state index contributed by atoms with van der Waals surface area (Å²) < 4.78 is 16.9. The molecule has 0 saturated heterocycles. The van der Waals surface area contributed by atoms with E-state index in [0.717, 1.165) is 17.0 Å². The van der Waals surface area contributed by atoms with E-state index in [1.807, 2.05) is 18.2 Å². The highest BCUT2D eigenvalue weighted by Gasteiger charge is 2.20. The molecule has 5 nitrogen and oxygen atoms in total. The third-order valence-corrected chi connectivity index (χ3v) is 3.15. The first-order chi connectivity index (χ1) is 10.0. The van der Waals surface area contributed by atoms with Crippen molar-refractivity contribution in [2.45, 2.75) is 32.9 Å². The van der Waals surface area contributed by atoms with Crippen molar-refractivity contribution in [1.82, 2.24) is 10.3 Å². The average molecular weight is 288 g/mol. The standard InChI is InChI=1S/C16H20N2O3/c1-16(2,3)17-9-11-10-21-15(18-11)12-5-4-6-13-14(12)20-8-7-19-13/h4-6,10,17H,7-9H2,1-3H3. The summed E-state index contributed by atoms with van der Waals surface area (Å²) in [7, 11) is 0. The van der Waals surface area contributed by atoms with Gasteiger partial charge in [0.25, 0.3) is 0 Å². The van der Waals surface area contributed by atoms with Gasteiger partial charge >= 0.3 is 0 Å². The third-order valence-electron chi connectivity index (χ3n) is 3.15. The van der Waals surface area contributed by atoms with Gasteiger partial charge < -0.3 is 19.2 Å². The van der Waals surface area contributed by atoms with Crippen LogP contribution in [0.4, 0.5) is 0 Å². The van der Waals surface area contributed by atoms with E-state index in [2.05, 4.69) is 31.1 Å². The van der Waals surface area contributed by atoms with Crippen molar-refractivity contribution >= 4 is 0 Å². The molecular weight excluding hydrogens is 268 g/mol. The van der Waals surface area contributed by atoms with Crippen LogP contribution in [0.2, 0.25) is 0 Å². The molecule has 2 aromatic rings. The van der Waals surface area contributed by atoms with Gasteiger partial charge in [0.05, 0.1) is 11.3 Å². The number of hydrogen-bond donors (Lipinski definition) is 1. The number of fused-ring (bicyclic) bond motifs is 1. The second-order valence-corrected chi connectivity index (χ2v) is 6.08. The number of hydrogen-bond acceptors (Lipinski definition) is 5. The van der Waals surface area contributed by atoms with E-state index in [0.29, 0.717) is 31.4 Å². The quantitative estimate of drug-likeness (QED) is 0.941. The lowest BCUT2D eigenvalue weighted by Gasteiger charge is -2.20. The molecule has 0 spiro atoms. The Morgan fingerprint density at radius 1 is 1.19 bits per heavy atom. The van der Waals surface area contributed by atoms with Gasteiger partial charge in [-0.2, -0.15) is 0 Å². The van der Waals surface area contributed by atoms with Crippen molar-refractivity contribution in [3.63, 3.8) is 0 Å². The Balaban J connectivity index is 1.83. The monoisotopic (exact) mass is 288 g/mol. The Kier molecular flexibility index (Phi) is 3.59. The molecule has 1 aliphatic rings. The minimum atomic E-state index is 0.0436. The van der Waals surface area contributed by atoms with Crippen LogP contribution in [0.1, 0.15) is 26.5 Å². The number of ether oxygens (including phenoxy) is 2. The third kappa shape index (κ3) is 3.19. The van der Waals surface area contributed by atoms with Crippen molar-refractivity contribution in [1.29, 1.82) is 0 Å². The molecule has 5 heteroatoms. The van der Waals surface area contributed by atoms with Crippen LogP contribution in [-0.2, 0) is 6.54 Å². The molecule has 1 N–H and O–H groups in total. The van der Waals surface area contributed by atoms with Crippen molar-refractivity contribution in [3.05, 3.63) is 30.2 Å². The van der Waals surface area contributed by atoms with Gasteiger partial charge in [-0.25, -0.2) is 4.98 Å². The number of oxazole rings is 1. The van der Waals surface area contributed by atoms with Gasteiger partial charge in [-0.05, 0) is 32.9 Å². The van der Waals surface area contributed by atoms with E-state index in [4.69, 9.17) is 13.9 Å². The molecule has 0 saturated carbocycles. The molecule has 1 aliphatic heterocycles. The summed E-state index contributed by atoms with van der Waals surface area (Å²) in [5, 5.41) is 3.39. The minimum Gasteiger partial charge on any atom is -0.486 e. The summed E-state index contributed by atoms with van der Waals surface area (Å²) >= 11 is 0. The van der Waals surface area contributed by atoms with E-state index in [-0.39, 0.29) is 5.54 Å². The molecule has 0 aliphatic carbocycles. The van der Waals surface area contributed by atoms with Crippen molar-refractivity contribution in [2.75, 3.05) is 13.2 Å². The molecule has 0 amide bonds. The number of para-hydroxylation sites is 1. The largest absolute Gasteiger partial charge is 0.486 e. The normalized spacial score (nSPS) is 14.2. The zero-order valence-electron chi connectivity index (χ0n) is 12.6. The molecule has 1 aromatic heterocycles. The first-order valence-corrected chi connectivity index (χ1v) is 7.11. The number of aromatic nitrogens is 1. The number of nitrogens with one attached hydrogen (secondary N) is 1. The topological polar surface area (TPSA) is 56.5 Å². The lowest BCUT2D eigenvalue weighted by Crippen LogP contribution is -2.35. The highest BCUT2D eigenvalue weighted by Crippen LogP contribution is 2.39. The Bertz CT molecular complexity index is 629. The lowest BCUT2D eigenvalue weighted by atomic mass is 10.1. The number of rotatable bonds is 3. The van der Waals surface area contributed by atoms with E-state index in [9.17, 15) is 0 Å². The predicted octanol–water partition coefficient (Wildman–Crippen LogP) is 3.00. The minimum absolute atomic E-state index is 0.0436. The maximum Gasteiger partial charge on any atom is 0.230 e. The molecule has 0 unspecified atom stereocenters. The fraction of sp³-hybridized carbons (Fsp3) is 0.438. The SMILES string of the molecule is CC(C)(C)NCc1coc(-c2cccc3c2OCCO3)n1. The van der Waals surface area contributed by atoms with Gasteiger partial charge in [0.2, 0.25) is 5.89 Å². The van der Waals surface area contributed by atoms with Crippen molar-refractivity contribution in [3.8, 4) is 23.0 Å². The molecular formula is C16H20N2O3. The summed E-state index contributed by atoms with van der Waals surface area (Å²) in [5.41, 5.74) is 1.74. The highest BCUT2D eigenvalue weighted by molar-refractivity contribution is 5.68. The van der Waals surface area contributed by atoms with Crippen molar-refractivity contribution < 1.29 is 13.9 Å². The van der Waals surface area contributed by atoms with Gasteiger partial charge in [-0.15, -0.1) is 0 Å². The second-order valence-electron chi connectivity index (χ2n) is 6.08. The molecule has 0 bridgehead atoms. The number of benzene rings is 1. The second kappa shape index (κ2) is 5.41. The molecule has 1 aromatic carbocycles. The maximum absolute atomic E-state index is 5.69. The van der Waals surface area contributed by atoms with Crippen LogP contribution in [0.3, 0.4) is 0 Å². The predicted molar refractivity (Wildman–Crippen MR) is 79.5 cm³/mol. The fourth-order valence-corrected chi connectivity index (χ4v) is 2.11. The molecule has 2 heterocycles. The molecule has 21 heavy (non-hydrogen) atoms. The van der Waals surface area contributed by atoms with Gasteiger partial charge in [0.1, 0.15) is 19.5 Å². The smallest absolute Gasteiger partial charge is 0.230 e. The average Bonchev–Trinajstić information content (AvgIpc) is 2.92. The summed E-state index contributed by atoms with van der Waals surface area (Å²) in [6.07, 6.45) is 1.68. The molecule has 0 atom stereocenters. The fourth-order valence-electron chi connectivity index (χ4n) is 2.11. The number of nitrogens with zero attached hydrogens (tertiary/aromatic N) is 1. The van der Waals surface area contributed by atoms with Crippen LogP contribution in [0.15, 0.2) is 28.9 Å². The Hall–Kier alpha value is -2.01. The summed E-state index contributed by atoms with van der Waals surface area (Å²) in [6.45, 7) is 8.14. The lowest BCUT2D eigenvalue weighted by molar-refractivity contribution is 0.172. The van der Waals surface area contributed by atoms with Crippen LogP contribution in [0.25, 0.3) is 11.5 Å². The van der Waals surface area contributed by atoms with Crippen molar-refractivity contribution in [2.24, 2.45) is 0 Å². The first kappa shape index (κ1) is 13.9. The van der Waals surface area contributed by atoms with E-state index < -0.39 is 0 Å². The van der Waals surface area contributed by atoms with Crippen LogP contribution in [0.5, 0.6) is 11.5 Å². The van der Waals surface area contributed by atoms with Crippen LogP contribution < -0.4 is 14.8 Å². The molecule has 3 rings (SSSR count). The van der Waals surface area contributed by atoms with Gasteiger partial charge in [-0.3, -0.25) is 0 Å². The summed E-state index contributed by atoms with van der Waals surface area (Å²) in [6, 6.07) is 5.74. The molecule has 0 radical (unpaired) electrons. The van der Waals surface area contributed by atoms with Crippen LogP contribution >= 0.6 is 0 Å².